The van der Waals surface area contributed by atoms with Gasteiger partial charge in [0.1, 0.15) is 0 Å². The van der Waals surface area contributed by atoms with Crippen molar-refractivity contribution >= 4 is 45.1 Å². The summed E-state index contributed by atoms with van der Waals surface area (Å²) in [6, 6.07) is 46.9. The molecule has 0 fully saturated rings. The third-order valence-corrected chi connectivity index (χ3v) is 12.4. The van der Waals surface area contributed by atoms with E-state index in [0.29, 0.717) is 0 Å². The smallest absolute Gasteiger partial charge is 0.0541 e. The summed E-state index contributed by atoms with van der Waals surface area (Å²) in [6.07, 6.45) is 27.9. The number of fused-ring (bicyclic) bond motifs is 2. The van der Waals surface area contributed by atoms with Gasteiger partial charge < -0.3 is 9.47 Å². The fourth-order valence-corrected chi connectivity index (χ4v) is 9.54. The molecule has 316 valence electrons. The van der Waals surface area contributed by atoms with Crippen molar-refractivity contribution in [2.24, 2.45) is 0 Å². The third-order valence-electron chi connectivity index (χ3n) is 12.4. The molecule has 8 rings (SSSR count). The fraction of sp³-hybridized carbons (Fsp3) is 0.129. The van der Waals surface area contributed by atoms with Gasteiger partial charge in [0.25, 0.3) is 0 Å². The zero-order valence-corrected chi connectivity index (χ0v) is 38.0. The largest absolute Gasteiger partial charge is 0.341 e. The predicted octanol–water partition coefficient (Wildman–Crippen LogP) is 17.6. The van der Waals surface area contributed by atoms with Crippen molar-refractivity contribution in [2.45, 2.75) is 47.5 Å². The van der Waals surface area contributed by atoms with Crippen molar-refractivity contribution in [3.63, 3.8) is 0 Å². The van der Waals surface area contributed by atoms with Crippen LogP contribution in [0.4, 0.5) is 5.69 Å². The normalized spacial score (nSPS) is 16.0. The van der Waals surface area contributed by atoms with Crippen LogP contribution in [0.25, 0.3) is 78.5 Å². The molecule has 1 aliphatic rings. The molecule has 0 atom stereocenters. The summed E-state index contributed by atoms with van der Waals surface area (Å²) in [7, 11) is 0. The Labute approximate surface area is 380 Å². The van der Waals surface area contributed by atoms with Crippen LogP contribution in [-0.2, 0) is 0 Å². The van der Waals surface area contributed by atoms with Gasteiger partial charge in [-0.05, 0) is 150 Å². The van der Waals surface area contributed by atoms with Gasteiger partial charge in [-0.25, -0.2) is 0 Å². The molecule has 0 aliphatic carbocycles. The minimum Gasteiger partial charge on any atom is -0.341 e. The Kier molecular flexibility index (Phi) is 13.3. The number of anilines is 1. The topological polar surface area (TPSA) is 8.17 Å². The molecule has 0 saturated heterocycles. The van der Waals surface area contributed by atoms with E-state index in [2.05, 4.69) is 251 Å². The number of rotatable bonds is 12. The highest BCUT2D eigenvalue weighted by atomic mass is 15.1. The number of para-hydroxylation sites is 1. The van der Waals surface area contributed by atoms with Gasteiger partial charge in [0.15, 0.2) is 0 Å². The third kappa shape index (κ3) is 8.28. The minimum atomic E-state index is 0.747. The highest BCUT2D eigenvalue weighted by Crippen LogP contribution is 2.50. The standard InChI is InChI=1S/C62H58N2/c1-8-13-16-36-52-44(6)29-17-15-24-41-63(45(52)7)50-34-25-32-48(42-50)60-56-39-21-20-38-55(56)59(61(46(11-4)27-9-2)62(60)47-30-18-14-19-31-47)49-33-26-35-51(43-49)64-57(12-5)53(28-10-3)54-37-22-23-40-58(54)64/h8-15,17-35,37-40,42-43H,5-6,16,36,41H2,1-4,7H3/b13-8-,24-15-,27-9-,28-10-,29-17-,46-11+,52-45-. The van der Waals surface area contributed by atoms with E-state index in [1.54, 1.807) is 0 Å². The van der Waals surface area contributed by atoms with Crippen molar-refractivity contribution in [2.75, 3.05) is 11.4 Å². The summed E-state index contributed by atoms with van der Waals surface area (Å²) >= 11 is 0. The summed E-state index contributed by atoms with van der Waals surface area (Å²) < 4.78 is 2.36. The molecular weight excluding hydrogens is 773 g/mol. The van der Waals surface area contributed by atoms with Crippen molar-refractivity contribution in [1.29, 1.82) is 0 Å². The van der Waals surface area contributed by atoms with Crippen LogP contribution in [0.15, 0.2) is 218 Å². The minimum absolute atomic E-state index is 0.747. The number of hydrogen-bond acceptors (Lipinski definition) is 1. The summed E-state index contributed by atoms with van der Waals surface area (Å²) in [5.74, 6) is 0. The lowest BCUT2D eigenvalue weighted by Gasteiger charge is -2.29. The molecular formula is C62H58N2. The van der Waals surface area contributed by atoms with Gasteiger partial charge in [0.05, 0.1) is 11.2 Å². The quantitative estimate of drug-likeness (QED) is 0.0880. The molecule has 1 aromatic heterocycles. The van der Waals surface area contributed by atoms with E-state index in [-0.39, 0.29) is 0 Å². The molecule has 2 heteroatoms. The molecule has 7 aromatic rings. The Bertz CT molecular complexity index is 3100. The maximum Gasteiger partial charge on any atom is 0.0541 e. The molecule has 0 spiro atoms. The molecule has 0 saturated carbocycles. The van der Waals surface area contributed by atoms with Crippen LogP contribution in [0.5, 0.6) is 0 Å². The Morgan fingerprint density at radius 1 is 0.656 bits per heavy atom. The summed E-state index contributed by atoms with van der Waals surface area (Å²) in [4.78, 5) is 2.45. The first-order valence-electron chi connectivity index (χ1n) is 22.6. The zero-order valence-electron chi connectivity index (χ0n) is 38.0. The van der Waals surface area contributed by atoms with Crippen LogP contribution in [-0.4, -0.2) is 11.1 Å². The van der Waals surface area contributed by atoms with E-state index in [1.165, 1.54) is 71.9 Å². The Hall–Kier alpha value is -7.42. The lowest BCUT2D eigenvalue weighted by molar-refractivity contribution is 0.920. The number of hydrogen-bond donors (Lipinski definition) is 0. The van der Waals surface area contributed by atoms with Gasteiger partial charge >= 0.3 is 0 Å². The highest BCUT2D eigenvalue weighted by Gasteiger charge is 2.26. The lowest BCUT2D eigenvalue weighted by atomic mass is 9.78. The van der Waals surface area contributed by atoms with Crippen LogP contribution >= 0.6 is 0 Å². The first kappa shape index (κ1) is 43.2. The van der Waals surface area contributed by atoms with Crippen LogP contribution in [0.3, 0.4) is 0 Å². The molecule has 2 nitrogen and oxygen atoms in total. The number of nitrogens with zero attached hydrogens (tertiary/aromatic N) is 2. The SMILES string of the molecule is C=Cc1c(/C=C\C)c2ccccc2n1-c1cccc(-c2c(C(/C=C\C)=C/C)c(-c3ccccc3)c(-c3cccc(N4C/C=C\C=C/C(=C)/C(CC/C=C\C)=C\4C)c3)c3ccccc23)c1. The van der Waals surface area contributed by atoms with Gasteiger partial charge in [-0.2, -0.15) is 0 Å². The second kappa shape index (κ2) is 19.7. The van der Waals surface area contributed by atoms with E-state index < -0.39 is 0 Å². The maximum absolute atomic E-state index is 4.53. The molecule has 0 unspecified atom stereocenters. The van der Waals surface area contributed by atoms with Crippen LogP contribution in [0.2, 0.25) is 0 Å². The van der Waals surface area contributed by atoms with Crippen molar-refractivity contribution in [3.8, 4) is 39.1 Å². The van der Waals surface area contributed by atoms with Crippen molar-refractivity contribution in [1.82, 2.24) is 4.57 Å². The highest BCUT2D eigenvalue weighted by molar-refractivity contribution is 6.17. The van der Waals surface area contributed by atoms with Gasteiger partial charge in [-0.15, -0.1) is 0 Å². The van der Waals surface area contributed by atoms with Gasteiger partial charge in [-0.1, -0.05) is 177 Å². The number of benzene rings is 6. The predicted molar refractivity (Wildman–Crippen MR) is 282 cm³/mol. The van der Waals surface area contributed by atoms with E-state index in [0.717, 1.165) is 53.1 Å². The van der Waals surface area contributed by atoms with E-state index in [4.69, 9.17) is 0 Å². The second-order valence-corrected chi connectivity index (χ2v) is 16.2. The van der Waals surface area contributed by atoms with Crippen LogP contribution in [0.1, 0.15) is 64.3 Å². The Morgan fingerprint density at radius 2 is 1.31 bits per heavy atom. The maximum atomic E-state index is 4.53. The Balaban J connectivity index is 1.44. The molecule has 1 aliphatic heterocycles. The molecule has 2 heterocycles. The summed E-state index contributed by atoms with van der Waals surface area (Å²) in [5, 5.41) is 3.60. The monoisotopic (exact) mass is 830 g/mol. The summed E-state index contributed by atoms with van der Waals surface area (Å²) in [6.45, 7) is 20.3. The fourth-order valence-electron chi connectivity index (χ4n) is 9.54. The van der Waals surface area contributed by atoms with Crippen LogP contribution in [0, 0.1) is 0 Å². The lowest BCUT2D eigenvalue weighted by Crippen LogP contribution is -2.22. The molecule has 0 amide bonds. The molecule has 64 heavy (non-hydrogen) atoms. The molecule has 0 N–H and O–H groups in total. The van der Waals surface area contributed by atoms with E-state index in [1.807, 2.05) is 6.08 Å². The summed E-state index contributed by atoms with van der Waals surface area (Å²) in [5.41, 5.74) is 18.7. The van der Waals surface area contributed by atoms with Crippen LogP contribution < -0.4 is 4.90 Å². The molecule has 0 bridgehead atoms. The molecule has 6 aromatic carbocycles. The second-order valence-electron chi connectivity index (χ2n) is 16.2. The van der Waals surface area contributed by atoms with Gasteiger partial charge in [0.2, 0.25) is 0 Å². The molecule has 0 radical (unpaired) electrons. The van der Waals surface area contributed by atoms with Gasteiger partial charge in [-0.3, -0.25) is 0 Å². The number of allylic oxidation sites excluding steroid dienone is 13. The van der Waals surface area contributed by atoms with Gasteiger partial charge in [0, 0.05) is 34.6 Å². The zero-order chi connectivity index (χ0) is 44.6. The van der Waals surface area contributed by atoms with Crippen molar-refractivity contribution < 1.29 is 0 Å². The number of aromatic nitrogens is 1. The average Bonchev–Trinajstić information content (AvgIpc) is 3.68. The average molecular weight is 831 g/mol. The van der Waals surface area contributed by atoms with Crippen molar-refractivity contribution in [3.05, 3.63) is 235 Å². The van der Waals surface area contributed by atoms with E-state index >= 15 is 0 Å². The van der Waals surface area contributed by atoms with E-state index in [9.17, 15) is 0 Å². The Morgan fingerprint density at radius 3 is 2.02 bits per heavy atom. The first-order valence-corrected chi connectivity index (χ1v) is 22.6. The first-order chi connectivity index (χ1) is 31.4.